The average molecular weight is 1570 g/mol. The van der Waals surface area contributed by atoms with Crippen molar-refractivity contribution in [3.05, 3.63) is 110 Å². The molecule has 0 heterocycles. The molecule has 13 amide bonds. The zero-order valence-electron chi connectivity index (χ0n) is 66.0. The monoisotopic (exact) mass is 1570 g/mol. The minimum absolute atomic E-state index is 0.0000743. The second kappa shape index (κ2) is 61.2. The Morgan fingerprint density at radius 2 is 0.580 bits per heavy atom. The van der Waals surface area contributed by atoms with Gasteiger partial charge in [0.15, 0.2) is 0 Å². The third-order valence-corrected chi connectivity index (χ3v) is 18.0. The Morgan fingerprint density at radius 1 is 0.312 bits per heavy atom. The number of carbonyl (C=O) groups excluding carboxylic acids is 13. The summed E-state index contributed by atoms with van der Waals surface area (Å²) >= 11 is 0. The van der Waals surface area contributed by atoms with Crippen molar-refractivity contribution < 1.29 is 86.0 Å². The van der Waals surface area contributed by atoms with Crippen LogP contribution in [0.5, 0.6) is 0 Å². The van der Waals surface area contributed by atoms with E-state index >= 15 is 0 Å². The number of hydrogen-bond acceptors (Lipinski definition) is 18. The summed E-state index contributed by atoms with van der Waals surface area (Å²) in [5, 5.41) is 24.6. The molecular formula is C81H125N13O18. The molecule has 0 spiro atoms. The lowest BCUT2D eigenvalue weighted by atomic mass is 9.98. The third kappa shape index (κ3) is 45.0. The molecule has 0 saturated heterocycles. The normalized spacial score (nSPS) is 11.0. The first-order valence-electron chi connectivity index (χ1n) is 39.6. The zero-order valence-corrected chi connectivity index (χ0v) is 66.0. The Labute approximate surface area is 661 Å². The summed E-state index contributed by atoms with van der Waals surface area (Å²) in [4.78, 5) is 174. The van der Waals surface area contributed by atoms with E-state index in [9.17, 15) is 62.3 Å². The van der Waals surface area contributed by atoms with E-state index in [1.54, 1.807) is 7.05 Å². The van der Waals surface area contributed by atoms with Crippen LogP contribution in [0.3, 0.4) is 0 Å². The Bertz CT molecular complexity index is 3200. The largest absolute Gasteiger partial charge is 0.449 e. The Kier molecular flexibility index (Phi) is 52.3. The smallest absolute Gasteiger partial charge is 0.407 e. The molecule has 2 aromatic carbocycles. The molecule has 31 heteroatoms. The summed E-state index contributed by atoms with van der Waals surface area (Å²) in [5.41, 5.74) is 4.68. The summed E-state index contributed by atoms with van der Waals surface area (Å²) in [6.45, 7) is 15.1. The average Bonchev–Trinajstić information content (AvgIpc) is 1.62. The molecule has 0 aromatic heterocycles. The van der Waals surface area contributed by atoms with Crippen LogP contribution in [0, 0.1) is 0 Å². The van der Waals surface area contributed by atoms with E-state index in [1.165, 1.54) is 55.0 Å². The molecule has 0 bridgehead atoms. The first-order valence-corrected chi connectivity index (χ1v) is 39.6. The molecule has 0 unspecified atom stereocenters. The molecule has 1 aliphatic carbocycles. The van der Waals surface area contributed by atoms with E-state index < -0.39 is 60.6 Å². The summed E-state index contributed by atoms with van der Waals surface area (Å²) in [6, 6.07) is 16.4. The highest BCUT2D eigenvalue weighted by atomic mass is 16.6. The maximum Gasteiger partial charge on any atom is 0.407 e. The summed E-state index contributed by atoms with van der Waals surface area (Å²) in [6.07, 6.45) is 17.4. The second-order valence-electron chi connectivity index (χ2n) is 27.0. The lowest BCUT2D eigenvalue weighted by Gasteiger charge is -2.25. The number of nitrogens with one attached hydrogen (secondary N) is 9. The van der Waals surface area contributed by atoms with Gasteiger partial charge in [-0.2, -0.15) is 0 Å². The molecule has 0 aliphatic heterocycles. The number of likely N-dealkylation sites (N-methyl/N-ethyl adjacent to an activating group) is 1. The highest BCUT2D eigenvalue weighted by Gasteiger charge is 2.30. The van der Waals surface area contributed by atoms with E-state index in [-0.39, 0.29) is 167 Å². The van der Waals surface area contributed by atoms with Crippen LogP contribution in [-0.2, 0) is 62.0 Å². The van der Waals surface area contributed by atoms with Gasteiger partial charge in [0, 0.05) is 130 Å². The molecule has 0 saturated carbocycles. The van der Waals surface area contributed by atoms with Crippen molar-refractivity contribution in [2.75, 3.05) is 145 Å². The van der Waals surface area contributed by atoms with Gasteiger partial charge in [0.25, 0.3) is 0 Å². The number of fused-ring (bicyclic) bond motifs is 3. The lowest BCUT2D eigenvalue weighted by molar-refractivity contribution is -0.137. The van der Waals surface area contributed by atoms with Crippen molar-refractivity contribution in [3.8, 4) is 11.1 Å². The minimum atomic E-state index is -0.611. The molecule has 31 nitrogen and oxygen atoms in total. The summed E-state index contributed by atoms with van der Waals surface area (Å²) in [7, 11) is 1.61. The Balaban J connectivity index is 1.56. The summed E-state index contributed by atoms with van der Waals surface area (Å²) < 4.78 is 25.4. The standard InChI is InChI=1S/C81H125N13O18/c1-6-56-108-77(103)86-44-30-16-21-39-73(99)91(5)52-48-83-70(96)60-93(75(101)41-23-18-32-46-88-79(105)110-58-8-3)54-50-85-72(98)62-94(76(102)42-24-19-33-47-89-80(106)111-59-9-4)55-51-84-71(97)61-92(74(100)40-22-17-31-45-87-78(104)109-57-7-2)53-49-82-69(95)38-20-14-12-10-11-13-15-29-43-90-81(107)112-63-68-66-36-27-25-34-64(66)65-35-26-28-37-67(65)68/h6-9,25-28,34-37,68H,1-4,10-24,29-33,38-63H2,5H3,(H,82,95)(H,83,96)(H,84,97)(H,85,98)(H,86,103)(H,87,104)(H,88,105)(H,89,106)(H,90,107). The van der Waals surface area contributed by atoms with Crippen molar-refractivity contribution in [1.29, 1.82) is 0 Å². The van der Waals surface area contributed by atoms with Crippen molar-refractivity contribution in [2.24, 2.45) is 0 Å². The van der Waals surface area contributed by atoms with Crippen molar-refractivity contribution in [3.63, 3.8) is 0 Å². The fourth-order valence-corrected chi connectivity index (χ4v) is 11.9. The minimum Gasteiger partial charge on any atom is -0.449 e. The number of rotatable bonds is 63. The van der Waals surface area contributed by atoms with E-state index in [4.69, 9.17) is 23.7 Å². The maximum absolute atomic E-state index is 13.9. The van der Waals surface area contributed by atoms with Gasteiger partial charge in [0.2, 0.25) is 47.3 Å². The highest BCUT2D eigenvalue weighted by Crippen LogP contribution is 2.44. The predicted octanol–water partition coefficient (Wildman–Crippen LogP) is 8.34. The van der Waals surface area contributed by atoms with Gasteiger partial charge in [-0.05, 0) is 86.5 Å². The van der Waals surface area contributed by atoms with Crippen molar-refractivity contribution >= 4 is 77.7 Å². The molecule has 1 aliphatic rings. The number of alkyl carbamates (subject to hydrolysis) is 5. The van der Waals surface area contributed by atoms with Crippen LogP contribution < -0.4 is 47.9 Å². The molecule has 0 fully saturated rings. The topological polar surface area (TPSA) is 389 Å². The number of hydrogen-bond donors (Lipinski definition) is 9. The Morgan fingerprint density at radius 3 is 0.920 bits per heavy atom. The van der Waals surface area contributed by atoms with Gasteiger partial charge in [0.05, 0.1) is 19.6 Å². The number of amides is 13. The third-order valence-electron chi connectivity index (χ3n) is 18.0. The molecule has 0 atom stereocenters. The maximum atomic E-state index is 13.9. The molecule has 9 N–H and O–H groups in total. The molecule has 3 rings (SSSR count). The highest BCUT2D eigenvalue weighted by molar-refractivity contribution is 5.87. The van der Waals surface area contributed by atoms with Crippen molar-refractivity contribution in [1.82, 2.24) is 67.5 Å². The number of carbonyl (C=O) groups is 13. The number of ether oxygens (including phenoxy) is 5. The van der Waals surface area contributed by atoms with Gasteiger partial charge in [0.1, 0.15) is 33.0 Å². The zero-order chi connectivity index (χ0) is 81.6. The van der Waals surface area contributed by atoms with Gasteiger partial charge < -0.3 is 91.1 Å². The van der Waals surface area contributed by atoms with Crippen LogP contribution in [0.25, 0.3) is 11.1 Å². The summed E-state index contributed by atoms with van der Waals surface area (Å²) in [5.74, 6) is -3.13. The quantitative estimate of drug-likeness (QED) is 0.0171. The molecule has 2 aromatic rings. The molecular weight excluding hydrogens is 1440 g/mol. The molecule has 622 valence electrons. The first kappa shape index (κ1) is 95.7. The van der Waals surface area contributed by atoms with Crippen LogP contribution in [0.2, 0.25) is 0 Å². The van der Waals surface area contributed by atoms with E-state index in [0.717, 1.165) is 56.1 Å². The van der Waals surface area contributed by atoms with Crippen LogP contribution >= 0.6 is 0 Å². The Hall–Kier alpha value is -10.5. The van der Waals surface area contributed by atoms with Crippen LogP contribution in [0.15, 0.2) is 99.2 Å². The van der Waals surface area contributed by atoms with E-state index in [1.807, 2.05) is 24.3 Å². The predicted molar refractivity (Wildman–Crippen MR) is 426 cm³/mol. The van der Waals surface area contributed by atoms with Gasteiger partial charge in [-0.25, -0.2) is 24.0 Å². The van der Waals surface area contributed by atoms with Crippen LogP contribution in [0.1, 0.15) is 178 Å². The fraction of sp³-hybridized carbons (Fsp3) is 0.593. The number of unbranched alkanes of at least 4 members (excludes halogenated alkanes) is 15. The van der Waals surface area contributed by atoms with Crippen molar-refractivity contribution in [2.45, 2.75) is 166 Å². The van der Waals surface area contributed by atoms with E-state index in [0.29, 0.717) is 110 Å². The number of nitrogens with zero attached hydrogens (tertiary/aromatic N) is 4. The molecule has 112 heavy (non-hydrogen) atoms. The van der Waals surface area contributed by atoms with Crippen LogP contribution in [-0.4, -0.2) is 242 Å². The van der Waals surface area contributed by atoms with Gasteiger partial charge >= 0.3 is 30.5 Å². The van der Waals surface area contributed by atoms with Gasteiger partial charge in [-0.15, -0.1) is 0 Å². The van der Waals surface area contributed by atoms with Gasteiger partial charge in [-0.1, -0.05) is 163 Å². The van der Waals surface area contributed by atoms with E-state index in [2.05, 4.69) is 98.4 Å². The molecule has 0 radical (unpaired) electrons. The SMILES string of the molecule is C=CCOC(=O)NCCCCCC(=O)N(C)CCNC(=O)CN(CCNC(=O)CN(CCNC(=O)CN(CCNC(=O)CCCCCCCCCCNC(=O)OCC1c2ccccc2-c2ccccc21)C(=O)CCCCCNC(=O)OCC=C)C(=O)CCCCCNC(=O)OCC=C)C(=O)CCCCCNC(=O)OCC=C. The van der Waals surface area contributed by atoms with Gasteiger partial charge in [-0.3, -0.25) is 38.4 Å². The fourth-order valence-electron chi connectivity index (χ4n) is 11.9. The number of benzene rings is 2. The second-order valence-corrected chi connectivity index (χ2v) is 27.0. The lowest BCUT2D eigenvalue weighted by Crippen LogP contribution is -2.48. The van der Waals surface area contributed by atoms with Crippen LogP contribution in [0.4, 0.5) is 24.0 Å². The first-order chi connectivity index (χ1) is 54.3.